The van der Waals surface area contributed by atoms with Crippen LogP contribution in [-0.2, 0) is 0 Å². The van der Waals surface area contributed by atoms with Gasteiger partial charge < -0.3 is 9.47 Å². The molecule has 0 aliphatic rings. The monoisotopic (exact) mass is 313 g/mol. The summed E-state index contributed by atoms with van der Waals surface area (Å²) >= 11 is 0. The average Bonchev–Trinajstić information content (AvgIpc) is 2.58. The Hall–Kier alpha value is -3.15. The second kappa shape index (κ2) is 7.22. The van der Waals surface area contributed by atoms with Crippen LogP contribution in [0.1, 0.15) is 15.9 Å². The van der Waals surface area contributed by atoms with Gasteiger partial charge in [-0.3, -0.25) is 14.9 Å². The molecule has 0 N–H and O–H groups in total. The summed E-state index contributed by atoms with van der Waals surface area (Å²) in [6.07, 6.45) is 2.68. The summed E-state index contributed by atoms with van der Waals surface area (Å²) in [5.41, 5.74) is 0.551. The molecule has 0 aromatic heterocycles. The third-order valence-corrected chi connectivity index (χ3v) is 3.22. The van der Waals surface area contributed by atoms with Crippen LogP contribution in [0.2, 0.25) is 0 Å². The molecule has 0 amide bonds. The van der Waals surface area contributed by atoms with Gasteiger partial charge in [0, 0.05) is 6.07 Å². The van der Waals surface area contributed by atoms with E-state index in [0.29, 0.717) is 17.1 Å². The van der Waals surface area contributed by atoms with Crippen LogP contribution in [0.3, 0.4) is 0 Å². The molecule has 2 aromatic rings. The first kappa shape index (κ1) is 16.2. The predicted octanol–water partition coefficient (Wildman–Crippen LogP) is 3.51. The molecule has 6 nitrogen and oxygen atoms in total. The summed E-state index contributed by atoms with van der Waals surface area (Å²) < 4.78 is 10.4. The lowest BCUT2D eigenvalue weighted by Crippen LogP contribution is -2.02. The third kappa shape index (κ3) is 3.55. The number of nitro benzene ring substituents is 1. The molecule has 2 aromatic carbocycles. The summed E-state index contributed by atoms with van der Waals surface area (Å²) in [7, 11) is 2.91. The fourth-order valence-corrected chi connectivity index (χ4v) is 2.14. The molecule has 0 saturated heterocycles. The van der Waals surface area contributed by atoms with Crippen molar-refractivity contribution in [3.63, 3.8) is 0 Å². The van der Waals surface area contributed by atoms with Crippen LogP contribution >= 0.6 is 0 Å². The van der Waals surface area contributed by atoms with Crippen molar-refractivity contribution in [1.82, 2.24) is 0 Å². The van der Waals surface area contributed by atoms with Gasteiger partial charge in [0.1, 0.15) is 17.1 Å². The maximum absolute atomic E-state index is 12.4. The molecule has 0 aliphatic carbocycles. The summed E-state index contributed by atoms with van der Waals surface area (Å²) in [6.45, 7) is 0. The zero-order chi connectivity index (χ0) is 16.8. The molecule has 0 fully saturated rings. The Balaban J connectivity index is 2.39. The number of rotatable bonds is 6. The fourth-order valence-electron chi connectivity index (χ4n) is 2.14. The average molecular weight is 313 g/mol. The van der Waals surface area contributed by atoms with Crippen molar-refractivity contribution in [3.05, 3.63) is 69.8 Å². The number of carbonyl (C=O) groups is 1. The largest absolute Gasteiger partial charge is 0.496 e. The summed E-state index contributed by atoms with van der Waals surface area (Å²) in [6, 6.07) is 11.2. The number of methoxy groups -OCH3 is 2. The molecule has 2 rings (SSSR count). The summed E-state index contributed by atoms with van der Waals surface area (Å²) in [4.78, 5) is 22.9. The molecular weight excluding hydrogens is 298 g/mol. The molecule has 0 unspecified atom stereocenters. The number of hydrogen-bond donors (Lipinski definition) is 0. The number of nitro groups is 1. The third-order valence-electron chi connectivity index (χ3n) is 3.22. The Bertz CT molecular complexity index is 745. The molecule has 0 atom stereocenters. The van der Waals surface area contributed by atoms with Gasteiger partial charge in [0.2, 0.25) is 0 Å². The first-order chi connectivity index (χ1) is 11.1. The minimum atomic E-state index is -0.492. The molecule has 0 bridgehead atoms. The van der Waals surface area contributed by atoms with E-state index in [0.717, 1.165) is 0 Å². The van der Waals surface area contributed by atoms with Crippen LogP contribution in [0, 0.1) is 10.1 Å². The van der Waals surface area contributed by atoms with Gasteiger partial charge in [-0.1, -0.05) is 18.2 Å². The number of benzene rings is 2. The first-order valence-corrected chi connectivity index (χ1v) is 6.75. The van der Waals surface area contributed by atoms with Crippen LogP contribution in [0.15, 0.2) is 48.5 Å². The van der Waals surface area contributed by atoms with E-state index in [2.05, 4.69) is 0 Å². The van der Waals surface area contributed by atoms with Crippen molar-refractivity contribution in [2.24, 2.45) is 0 Å². The zero-order valence-corrected chi connectivity index (χ0v) is 12.7. The molecule has 0 aliphatic heterocycles. The molecular formula is C17H15NO5. The number of carbonyl (C=O) groups excluding carboxylic acids is 1. The van der Waals surface area contributed by atoms with Gasteiger partial charge >= 0.3 is 0 Å². The molecule has 0 spiro atoms. The van der Waals surface area contributed by atoms with Crippen LogP contribution in [-0.4, -0.2) is 24.9 Å². The van der Waals surface area contributed by atoms with E-state index in [1.807, 2.05) is 0 Å². The summed E-state index contributed by atoms with van der Waals surface area (Å²) in [5.74, 6) is 0.389. The van der Waals surface area contributed by atoms with E-state index < -0.39 is 4.92 Å². The Kier molecular flexibility index (Phi) is 5.09. The van der Waals surface area contributed by atoms with E-state index in [-0.39, 0.29) is 17.0 Å². The summed E-state index contributed by atoms with van der Waals surface area (Å²) in [5, 5.41) is 11.0. The van der Waals surface area contributed by atoms with E-state index in [1.165, 1.54) is 32.4 Å². The highest BCUT2D eigenvalue weighted by molar-refractivity contribution is 6.10. The van der Waals surface area contributed by atoms with Gasteiger partial charge in [0.25, 0.3) is 5.69 Å². The van der Waals surface area contributed by atoms with Crippen molar-refractivity contribution in [2.75, 3.05) is 14.2 Å². The van der Waals surface area contributed by atoms with Gasteiger partial charge in [-0.25, -0.2) is 0 Å². The van der Waals surface area contributed by atoms with Gasteiger partial charge in [0.15, 0.2) is 5.78 Å². The fraction of sp³-hybridized carbons (Fsp3) is 0.118. The van der Waals surface area contributed by atoms with Crippen molar-refractivity contribution in [1.29, 1.82) is 0 Å². The first-order valence-electron chi connectivity index (χ1n) is 6.75. The van der Waals surface area contributed by atoms with Crippen LogP contribution in [0.5, 0.6) is 11.5 Å². The number of hydrogen-bond acceptors (Lipinski definition) is 5. The second-order valence-corrected chi connectivity index (χ2v) is 4.55. The van der Waals surface area contributed by atoms with Crippen molar-refractivity contribution >= 4 is 17.5 Å². The van der Waals surface area contributed by atoms with Crippen LogP contribution in [0.4, 0.5) is 5.69 Å². The lowest BCUT2D eigenvalue weighted by Gasteiger charge is -2.10. The van der Waals surface area contributed by atoms with E-state index in [1.54, 1.807) is 36.4 Å². The van der Waals surface area contributed by atoms with Gasteiger partial charge in [-0.2, -0.15) is 0 Å². The highest BCUT2D eigenvalue weighted by Gasteiger charge is 2.16. The Morgan fingerprint density at radius 1 is 1.04 bits per heavy atom. The maximum Gasteiger partial charge on any atom is 0.276 e. The lowest BCUT2D eigenvalue weighted by molar-refractivity contribution is -0.385. The SMILES string of the molecule is COc1cccc(OC)c1C(=O)/C=C/c1ccccc1[N+](=O)[O-]. The van der Waals surface area contributed by atoms with E-state index >= 15 is 0 Å². The smallest absolute Gasteiger partial charge is 0.276 e. The number of para-hydroxylation sites is 1. The maximum atomic E-state index is 12.4. The quantitative estimate of drug-likeness (QED) is 0.353. The Morgan fingerprint density at radius 2 is 1.65 bits per heavy atom. The molecule has 0 radical (unpaired) electrons. The highest BCUT2D eigenvalue weighted by Crippen LogP contribution is 2.29. The van der Waals surface area contributed by atoms with Crippen LogP contribution in [0.25, 0.3) is 6.08 Å². The molecule has 0 saturated carbocycles. The second-order valence-electron chi connectivity index (χ2n) is 4.55. The topological polar surface area (TPSA) is 78.7 Å². The van der Waals surface area contributed by atoms with Crippen LogP contribution < -0.4 is 9.47 Å². The minimum Gasteiger partial charge on any atom is -0.496 e. The highest BCUT2D eigenvalue weighted by atomic mass is 16.6. The van der Waals surface area contributed by atoms with Crippen molar-refractivity contribution < 1.29 is 19.2 Å². The normalized spacial score (nSPS) is 10.5. The Labute approximate surface area is 133 Å². The number of allylic oxidation sites excluding steroid dienone is 1. The van der Waals surface area contributed by atoms with Crippen molar-refractivity contribution in [2.45, 2.75) is 0 Å². The predicted molar refractivity (Wildman–Crippen MR) is 86.0 cm³/mol. The molecule has 0 heterocycles. The van der Waals surface area contributed by atoms with Gasteiger partial charge in [-0.15, -0.1) is 0 Å². The van der Waals surface area contributed by atoms with E-state index in [9.17, 15) is 14.9 Å². The Morgan fingerprint density at radius 3 is 2.22 bits per heavy atom. The van der Waals surface area contributed by atoms with Gasteiger partial charge in [-0.05, 0) is 30.4 Å². The minimum absolute atomic E-state index is 0.0662. The molecule has 118 valence electrons. The van der Waals surface area contributed by atoms with Gasteiger partial charge in [0.05, 0.1) is 24.7 Å². The standard InChI is InChI=1S/C17H15NO5/c1-22-15-8-5-9-16(23-2)17(15)14(19)11-10-12-6-3-4-7-13(12)18(20)21/h3-11H,1-2H3/b11-10+. The molecule has 6 heteroatoms. The zero-order valence-electron chi connectivity index (χ0n) is 12.7. The molecule has 23 heavy (non-hydrogen) atoms. The number of ketones is 1. The van der Waals surface area contributed by atoms with Crippen molar-refractivity contribution in [3.8, 4) is 11.5 Å². The van der Waals surface area contributed by atoms with E-state index in [4.69, 9.17) is 9.47 Å². The number of ether oxygens (including phenoxy) is 2. The lowest BCUT2D eigenvalue weighted by atomic mass is 10.1. The number of nitrogens with zero attached hydrogens (tertiary/aromatic N) is 1.